The molecule has 2 rings (SSSR count). The van der Waals surface area contributed by atoms with Gasteiger partial charge in [0.2, 0.25) is 0 Å². The zero-order valence-corrected chi connectivity index (χ0v) is 12.1. The predicted octanol–water partition coefficient (Wildman–Crippen LogP) is 3.32. The maximum Gasteiger partial charge on any atom is 0.0459 e. The van der Waals surface area contributed by atoms with Crippen LogP contribution in [0.4, 0.5) is 5.69 Å². The molecule has 1 aromatic rings. The zero-order chi connectivity index (χ0) is 13.1. The van der Waals surface area contributed by atoms with Gasteiger partial charge in [-0.15, -0.1) is 0 Å². The minimum absolute atomic E-state index is 0.650. The first-order chi connectivity index (χ1) is 8.61. The maximum atomic E-state index is 6.31. The van der Waals surface area contributed by atoms with Crippen LogP contribution >= 0.6 is 11.6 Å². The van der Waals surface area contributed by atoms with Gasteiger partial charge in [0.25, 0.3) is 0 Å². The lowest BCUT2D eigenvalue weighted by Crippen LogP contribution is -2.38. The van der Waals surface area contributed by atoms with Gasteiger partial charge >= 0.3 is 0 Å². The number of nitrogens with zero attached hydrogens (tertiary/aromatic N) is 1. The van der Waals surface area contributed by atoms with Crippen molar-refractivity contribution >= 4 is 17.3 Å². The van der Waals surface area contributed by atoms with Crippen molar-refractivity contribution < 1.29 is 0 Å². The molecule has 2 unspecified atom stereocenters. The first kappa shape index (κ1) is 13.7. The predicted molar refractivity (Wildman–Crippen MR) is 79.4 cm³/mol. The molecule has 1 aliphatic rings. The van der Waals surface area contributed by atoms with E-state index in [1.165, 1.54) is 12.1 Å². The van der Waals surface area contributed by atoms with E-state index in [1.807, 2.05) is 0 Å². The van der Waals surface area contributed by atoms with Crippen LogP contribution in [0.25, 0.3) is 0 Å². The quantitative estimate of drug-likeness (QED) is 0.909. The van der Waals surface area contributed by atoms with Crippen LogP contribution < -0.4 is 10.6 Å². The molecule has 2 nitrogen and oxygen atoms in total. The Labute approximate surface area is 115 Å². The fourth-order valence-electron chi connectivity index (χ4n) is 2.59. The van der Waals surface area contributed by atoms with Crippen molar-refractivity contribution in [2.75, 3.05) is 24.5 Å². The first-order valence-electron chi connectivity index (χ1n) is 6.85. The summed E-state index contributed by atoms with van der Waals surface area (Å²) in [5.74, 6) is 1.58. The third kappa shape index (κ3) is 2.99. The fourth-order valence-corrected chi connectivity index (χ4v) is 2.86. The average Bonchev–Trinajstić information content (AvgIpc) is 2.35. The lowest BCUT2D eigenvalue weighted by molar-refractivity contribution is 0.324. The molecule has 0 radical (unpaired) electrons. The Morgan fingerprint density at radius 3 is 2.72 bits per heavy atom. The molecular weight excluding hydrogens is 244 g/mol. The molecule has 1 aromatic carbocycles. The number of halogens is 1. The highest BCUT2D eigenvalue weighted by atomic mass is 35.5. The summed E-state index contributed by atoms with van der Waals surface area (Å²) >= 11 is 6.31. The van der Waals surface area contributed by atoms with Crippen molar-refractivity contribution in [3.05, 3.63) is 28.8 Å². The van der Waals surface area contributed by atoms with Crippen LogP contribution in [0.1, 0.15) is 25.8 Å². The highest BCUT2D eigenvalue weighted by Crippen LogP contribution is 2.29. The van der Waals surface area contributed by atoms with Crippen molar-refractivity contribution in [3.63, 3.8) is 0 Å². The zero-order valence-electron chi connectivity index (χ0n) is 11.3. The molecule has 0 saturated carbocycles. The summed E-state index contributed by atoms with van der Waals surface area (Å²) in [6.45, 7) is 7.60. The molecule has 2 atom stereocenters. The van der Waals surface area contributed by atoms with Crippen molar-refractivity contribution in [3.8, 4) is 0 Å². The lowest BCUT2D eigenvalue weighted by atomic mass is 9.88. The van der Waals surface area contributed by atoms with Crippen LogP contribution in [0.3, 0.4) is 0 Å². The van der Waals surface area contributed by atoms with Crippen LogP contribution in [-0.4, -0.2) is 19.6 Å². The molecule has 18 heavy (non-hydrogen) atoms. The second-order valence-corrected chi connectivity index (χ2v) is 5.91. The summed E-state index contributed by atoms with van der Waals surface area (Å²) in [7, 11) is 0. The monoisotopic (exact) mass is 266 g/mol. The Kier molecular flexibility index (Phi) is 4.52. The molecule has 0 aliphatic carbocycles. The van der Waals surface area contributed by atoms with Crippen LogP contribution in [-0.2, 0) is 6.42 Å². The van der Waals surface area contributed by atoms with E-state index in [0.717, 1.165) is 41.9 Å². The van der Waals surface area contributed by atoms with Gasteiger partial charge in [-0.2, -0.15) is 0 Å². The van der Waals surface area contributed by atoms with Crippen LogP contribution in [0.5, 0.6) is 0 Å². The van der Waals surface area contributed by atoms with E-state index in [1.54, 1.807) is 0 Å². The van der Waals surface area contributed by atoms with Crippen molar-refractivity contribution in [1.29, 1.82) is 0 Å². The van der Waals surface area contributed by atoms with Crippen molar-refractivity contribution in [1.82, 2.24) is 0 Å². The van der Waals surface area contributed by atoms with Gasteiger partial charge in [0.15, 0.2) is 0 Å². The molecule has 100 valence electrons. The number of hydrogen-bond acceptors (Lipinski definition) is 2. The smallest absolute Gasteiger partial charge is 0.0459 e. The van der Waals surface area contributed by atoms with E-state index >= 15 is 0 Å². The minimum atomic E-state index is 0.650. The third-order valence-electron chi connectivity index (χ3n) is 4.15. The van der Waals surface area contributed by atoms with E-state index in [4.69, 9.17) is 17.3 Å². The molecule has 0 bridgehead atoms. The van der Waals surface area contributed by atoms with Gasteiger partial charge in [-0.3, -0.25) is 0 Å². The number of anilines is 1. The highest BCUT2D eigenvalue weighted by molar-refractivity contribution is 6.31. The van der Waals surface area contributed by atoms with E-state index in [2.05, 4.69) is 36.9 Å². The maximum absolute atomic E-state index is 6.31. The number of rotatable bonds is 3. The lowest BCUT2D eigenvalue weighted by Gasteiger charge is -2.37. The molecule has 2 N–H and O–H groups in total. The molecule has 1 fully saturated rings. The Balaban J connectivity index is 2.12. The number of piperidine rings is 1. The minimum Gasteiger partial charge on any atom is -0.371 e. The number of benzene rings is 1. The summed E-state index contributed by atoms with van der Waals surface area (Å²) in [6, 6.07) is 6.39. The molecule has 0 aromatic heterocycles. The Bertz CT molecular complexity index is 405. The van der Waals surface area contributed by atoms with Gasteiger partial charge in [-0.1, -0.05) is 31.5 Å². The van der Waals surface area contributed by atoms with Gasteiger partial charge in [-0.25, -0.2) is 0 Å². The second-order valence-electron chi connectivity index (χ2n) is 5.50. The van der Waals surface area contributed by atoms with Gasteiger partial charge in [0.1, 0.15) is 0 Å². The molecule has 3 heteroatoms. The average molecular weight is 267 g/mol. The molecule has 0 spiro atoms. The molecule has 1 aliphatic heterocycles. The SMILES string of the molecule is CC1CCN(c2ccc(CCN)c(Cl)c2)CC1C. The Morgan fingerprint density at radius 1 is 1.33 bits per heavy atom. The van der Waals surface area contributed by atoms with Gasteiger partial charge in [-0.05, 0) is 48.9 Å². The topological polar surface area (TPSA) is 29.3 Å². The summed E-state index contributed by atoms with van der Waals surface area (Å²) in [4.78, 5) is 2.45. The molecule has 1 saturated heterocycles. The van der Waals surface area contributed by atoms with Gasteiger partial charge < -0.3 is 10.6 Å². The van der Waals surface area contributed by atoms with E-state index < -0.39 is 0 Å². The van der Waals surface area contributed by atoms with Crippen molar-refractivity contribution in [2.45, 2.75) is 26.7 Å². The van der Waals surface area contributed by atoms with Crippen LogP contribution in [0, 0.1) is 11.8 Å². The molecule has 0 amide bonds. The summed E-state index contributed by atoms with van der Waals surface area (Å²) < 4.78 is 0. The Morgan fingerprint density at radius 2 is 2.11 bits per heavy atom. The molecule has 1 heterocycles. The number of nitrogens with two attached hydrogens (primary N) is 1. The summed E-state index contributed by atoms with van der Waals surface area (Å²) in [5, 5.41) is 0.851. The van der Waals surface area contributed by atoms with E-state index in [0.29, 0.717) is 6.54 Å². The first-order valence-corrected chi connectivity index (χ1v) is 7.23. The van der Waals surface area contributed by atoms with Crippen LogP contribution in [0.15, 0.2) is 18.2 Å². The van der Waals surface area contributed by atoms with Gasteiger partial charge in [0, 0.05) is 23.8 Å². The standard InChI is InChI=1S/C15H23ClN2/c1-11-6-8-18(10-12(11)2)14-4-3-13(5-7-17)15(16)9-14/h3-4,9,11-12H,5-8,10,17H2,1-2H3. The highest BCUT2D eigenvalue weighted by Gasteiger charge is 2.22. The normalized spacial score (nSPS) is 24.3. The second kappa shape index (κ2) is 5.94. The van der Waals surface area contributed by atoms with E-state index in [-0.39, 0.29) is 0 Å². The Hall–Kier alpha value is -0.730. The number of hydrogen-bond donors (Lipinski definition) is 1. The van der Waals surface area contributed by atoms with E-state index in [9.17, 15) is 0 Å². The molecular formula is C15H23ClN2. The largest absolute Gasteiger partial charge is 0.371 e. The summed E-state index contributed by atoms with van der Waals surface area (Å²) in [5.41, 5.74) is 7.98. The van der Waals surface area contributed by atoms with Gasteiger partial charge in [0.05, 0.1) is 0 Å². The summed E-state index contributed by atoms with van der Waals surface area (Å²) in [6.07, 6.45) is 2.12. The third-order valence-corrected chi connectivity index (χ3v) is 4.50. The van der Waals surface area contributed by atoms with Crippen LogP contribution in [0.2, 0.25) is 5.02 Å². The van der Waals surface area contributed by atoms with Crippen molar-refractivity contribution in [2.24, 2.45) is 17.6 Å². The fraction of sp³-hybridized carbons (Fsp3) is 0.600.